The molecule has 0 aliphatic heterocycles. The van der Waals surface area contributed by atoms with Gasteiger partial charge in [0.1, 0.15) is 5.15 Å². The van der Waals surface area contributed by atoms with E-state index in [-0.39, 0.29) is 11.8 Å². The van der Waals surface area contributed by atoms with Crippen molar-refractivity contribution in [3.63, 3.8) is 0 Å². The van der Waals surface area contributed by atoms with Crippen molar-refractivity contribution in [2.24, 2.45) is 0 Å². The molecule has 112 valence electrons. The smallest absolute Gasteiger partial charge is 0.251 e. The van der Waals surface area contributed by atoms with E-state index >= 15 is 0 Å². The van der Waals surface area contributed by atoms with Crippen molar-refractivity contribution in [1.29, 1.82) is 0 Å². The number of nitrogens with one attached hydrogen (secondary N) is 2. The molecule has 2 N–H and O–H groups in total. The molecule has 0 bridgehead atoms. The molecule has 0 unspecified atom stereocenters. The zero-order valence-electron chi connectivity index (χ0n) is 11.8. The number of rotatable bonds is 4. The van der Waals surface area contributed by atoms with Crippen LogP contribution in [-0.4, -0.2) is 23.8 Å². The summed E-state index contributed by atoms with van der Waals surface area (Å²) in [6, 6.07) is 10.0. The van der Waals surface area contributed by atoms with E-state index < -0.39 is 0 Å². The van der Waals surface area contributed by atoms with E-state index in [2.05, 4.69) is 15.6 Å². The summed E-state index contributed by atoms with van der Waals surface area (Å²) < 4.78 is 0. The molecule has 0 saturated heterocycles. The standard InChI is InChI=1S/C16H14ClN3O2/c1-18-16(22)12-3-5-13(6-4-12)20-15(21)7-2-11-8-9-19-14(17)10-11/h2-10H,1H3,(H,18,22)(H,20,21). The Hall–Kier alpha value is -2.66. The van der Waals surface area contributed by atoms with Crippen LogP contribution in [0.1, 0.15) is 15.9 Å². The molecule has 0 atom stereocenters. The number of pyridine rings is 1. The predicted molar refractivity (Wildman–Crippen MR) is 86.7 cm³/mol. The molecular formula is C16H14ClN3O2. The summed E-state index contributed by atoms with van der Waals surface area (Å²) in [6.45, 7) is 0. The van der Waals surface area contributed by atoms with Crippen molar-refractivity contribution in [3.8, 4) is 0 Å². The minimum atomic E-state index is -0.277. The quantitative estimate of drug-likeness (QED) is 0.673. The van der Waals surface area contributed by atoms with Gasteiger partial charge in [-0.05, 0) is 48.0 Å². The number of amides is 2. The molecule has 0 fully saturated rings. The molecular weight excluding hydrogens is 302 g/mol. The van der Waals surface area contributed by atoms with Gasteiger partial charge in [-0.2, -0.15) is 0 Å². The van der Waals surface area contributed by atoms with Crippen LogP contribution in [0.5, 0.6) is 0 Å². The molecule has 0 aliphatic rings. The first-order chi connectivity index (χ1) is 10.6. The summed E-state index contributed by atoms with van der Waals surface area (Å²) >= 11 is 5.76. The van der Waals surface area contributed by atoms with Crippen molar-refractivity contribution >= 4 is 35.2 Å². The SMILES string of the molecule is CNC(=O)c1ccc(NC(=O)C=Cc2ccnc(Cl)c2)cc1. The zero-order valence-corrected chi connectivity index (χ0v) is 12.6. The fraction of sp³-hybridized carbons (Fsp3) is 0.0625. The summed E-state index contributed by atoms with van der Waals surface area (Å²) in [5.74, 6) is -0.451. The zero-order chi connectivity index (χ0) is 15.9. The average molecular weight is 316 g/mol. The normalized spacial score (nSPS) is 10.5. The fourth-order valence-electron chi connectivity index (χ4n) is 1.73. The van der Waals surface area contributed by atoms with Gasteiger partial charge in [0.15, 0.2) is 0 Å². The lowest BCUT2D eigenvalue weighted by molar-refractivity contribution is -0.111. The lowest BCUT2D eigenvalue weighted by Crippen LogP contribution is -2.17. The van der Waals surface area contributed by atoms with E-state index in [4.69, 9.17) is 11.6 Å². The van der Waals surface area contributed by atoms with Crippen LogP contribution in [-0.2, 0) is 4.79 Å². The number of aromatic nitrogens is 1. The minimum absolute atomic E-state index is 0.174. The molecule has 22 heavy (non-hydrogen) atoms. The van der Waals surface area contributed by atoms with Crippen molar-refractivity contribution < 1.29 is 9.59 Å². The molecule has 1 heterocycles. The highest BCUT2D eigenvalue weighted by molar-refractivity contribution is 6.29. The predicted octanol–water partition coefficient (Wildman–Crippen LogP) is 2.75. The number of anilines is 1. The summed E-state index contributed by atoms with van der Waals surface area (Å²) in [4.78, 5) is 27.1. The third-order valence-electron chi connectivity index (χ3n) is 2.82. The molecule has 1 aromatic carbocycles. The Balaban J connectivity index is 1.98. The molecule has 0 spiro atoms. The molecule has 2 amide bonds. The third kappa shape index (κ3) is 4.43. The summed E-state index contributed by atoms with van der Waals surface area (Å²) in [7, 11) is 1.56. The Morgan fingerprint density at radius 1 is 1.18 bits per heavy atom. The highest BCUT2D eigenvalue weighted by Gasteiger charge is 2.03. The number of benzene rings is 1. The van der Waals surface area contributed by atoms with Gasteiger partial charge in [-0.3, -0.25) is 9.59 Å². The Morgan fingerprint density at radius 3 is 2.55 bits per heavy atom. The molecule has 6 heteroatoms. The maximum absolute atomic E-state index is 11.8. The van der Waals surface area contributed by atoms with Gasteiger partial charge >= 0.3 is 0 Å². The van der Waals surface area contributed by atoms with E-state index in [1.807, 2.05) is 0 Å². The Bertz CT molecular complexity index is 712. The van der Waals surface area contributed by atoms with Gasteiger partial charge in [-0.1, -0.05) is 11.6 Å². The first kappa shape index (κ1) is 15.7. The maximum Gasteiger partial charge on any atom is 0.251 e. The van der Waals surface area contributed by atoms with Crippen LogP contribution in [0.25, 0.3) is 6.08 Å². The minimum Gasteiger partial charge on any atom is -0.355 e. The van der Waals surface area contributed by atoms with Gasteiger partial charge in [-0.15, -0.1) is 0 Å². The van der Waals surface area contributed by atoms with E-state index in [9.17, 15) is 9.59 Å². The maximum atomic E-state index is 11.8. The van der Waals surface area contributed by atoms with Gasteiger partial charge in [0.2, 0.25) is 5.91 Å². The van der Waals surface area contributed by atoms with Crippen LogP contribution in [0.15, 0.2) is 48.7 Å². The van der Waals surface area contributed by atoms with Crippen LogP contribution in [0.2, 0.25) is 5.15 Å². The van der Waals surface area contributed by atoms with Crippen LogP contribution >= 0.6 is 11.6 Å². The second kappa shape index (κ2) is 7.38. The lowest BCUT2D eigenvalue weighted by Gasteiger charge is -2.04. The largest absolute Gasteiger partial charge is 0.355 e. The van der Waals surface area contributed by atoms with Crippen molar-refractivity contribution in [1.82, 2.24) is 10.3 Å². The number of halogens is 1. The number of carbonyl (C=O) groups is 2. The van der Waals surface area contributed by atoms with E-state index in [1.54, 1.807) is 55.7 Å². The fourth-order valence-corrected chi connectivity index (χ4v) is 1.91. The molecule has 2 aromatic rings. The molecule has 0 aliphatic carbocycles. The van der Waals surface area contributed by atoms with E-state index in [0.717, 1.165) is 5.56 Å². The van der Waals surface area contributed by atoms with Crippen molar-refractivity contribution in [3.05, 3.63) is 65.0 Å². The number of nitrogens with zero attached hydrogens (tertiary/aromatic N) is 1. The number of hydrogen-bond donors (Lipinski definition) is 2. The third-order valence-corrected chi connectivity index (χ3v) is 3.03. The second-order valence-corrected chi connectivity index (χ2v) is 4.78. The molecule has 0 saturated carbocycles. The summed E-state index contributed by atoms with van der Waals surface area (Å²) in [5.41, 5.74) is 1.92. The van der Waals surface area contributed by atoms with Crippen LogP contribution < -0.4 is 10.6 Å². The molecule has 5 nitrogen and oxygen atoms in total. The topological polar surface area (TPSA) is 71.1 Å². The van der Waals surface area contributed by atoms with Crippen LogP contribution in [0, 0.1) is 0 Å². The summed E-state index contributed by atoms with van der Waals surface area (Å²) in [5, 5.41) is 5.60. The number of hydrogen-bond acceptors (Lipinski definition) is 3. The van der Waals surface area contributed by atoms with Crippen LogP contribution in [0.4, 0.5) is 5.69 Å². The molecule has 0 radical (unpaired) electrons. The van der Waals surface area contributed by atoms with E-state index in [1.165, 1.54) is 6.08 Å². The highest BCUT2D eigenvalue weighted by atomic mass is 35.5. The first-order valence-electron chi connectivity index (χ1n) is 6.51. The van der Waals surface area contributed by atoms with Crippen molar-refractivity contribution in [2.75, 3.05) is 12.4 Å². The van der Waals surface area contributed by atoms with E-state index in [0.29, 0.717) is 16.4 Å². The van der Waals surface area contributed by atoms with Gasteiger partial charge in [0, 0.05) is 30.6 Å². The highest BCUT2D eigenvalue weighted by Crippen LogP contribution is 2.11. The first-order valence-corrected chi connectivity index (χ1v) is 6.89. The average Bonchev–Trinajstić information content (AvgIpc) is 2.53. The van der Waals surface area contributed by atoms with Gasteiger partial charge in [-0.25, -0.2) is 4.98 Å². The van der Waals surface area contributed by atoms with Gasteiger partial charge < -0.3 is 10.6 Å². The Morgan fingerprint density at radius 2 is 1.91 bits per heavy atom. The van der Waals surface area contributed by atoms with Crippen LogP contribution in [0.3, 0.4) is 0 Å². The van der Waals surface area contributed by atoms with Crippen molar-refractivity contribution in [2.45, 2.75) is 0 Å². The summed E-state index contributed by atoms with van der Waals surface area (Å²) in [6.07, 6.45) is 4.61. The molecule has 1 aromatic heterocycles. The monoisotopic (exact) mass is 315 g/mol. The van der Waals surface area contributed by atoms with Gasteiger partial charge in [0.05, 0.1) is 0 Å². The molecule has 2 rings (SSSR count). The lowest BCUT2D eigenvalue weighted by atomic mass is 10.2. The van der Waals surface area contributed by atoms with Gasteiger partial charge in [0.25, 0.3) is 5.91 Å². The Kier molecular flexibility index (Phi) is 5.27. The second-order valence-electron chi connectivity index (χ2n) is 4.39. The Labute approximate surface area is 133 Å². The number of carbonyl (C=O) groups excluding carboxylic acids is 2.